The van der Waals surface area contributed by atoms with Gasteiger partial charge in [0.05, 0.1) is 18.5 Å². The third-order valence-corrected chi connectivity index (χ3v) is 6.90. The number of hydrogen-bond donors (Lipinski definition) is 3. The minimum absolute atomic E-state index is 0.230. The minimum Gasteiger partial charge on any atom is -0.505 e. The van der Waals surface area contributed by atoms with Gasteiger partial charge in [-0.2, -0.15) is 18.6 Å². The van der Waals surface area contributed by atoms with Crippen molar-refractivity contribution >= 4 is 55.0 Å². The van der Waals surface area contributed by atoms with E-state index >= 15 is 0 Å². The van der Waals surface area contributed by atoms with Crippen LogP contribution in [-0.4, -0.2) is 38.3 Å². The van der Waals surface area contributed by atoms with Crippen LogP contribution in [-0.2, 0) is 10.1 Å². The summed E-state index contributed by atoms with van der Waals surface area (Å²) in [6.07, 6.45) is 0. The lowest BCUT2D eigenvalue weighted by Gasteiger charge is -2.20. The van der Waals surface area contributed by atoms with Crippen molar-refractivity contribution < 1.29 is 22.8 Å². The number of methoxy groups -OCH3 is 1. The van der Waals surface area contributed by atoms with Gasteiger partial charge in [0.15, 0.2) is 5.75 Å². The van der Waals surface area contributed by atoms with Crippen LogP contribution in [0.5, 0.6) is 11.5 Å². The molecule has 4 aromatic rings. The lowest BCUT2D eigenvalue weighted by atomic mass is 10.1. The second-order valence-electron chi connectivity index (χ2n) is 8.47. The zero-order valence-corrected chi connectivity index (χ0v) is 22.4. The van der Waals surface area contributed by atoms with E-state index in [1.165, 1.54) is 25.3 Å². The molecule has 0 spiro atoms. The molecule has 202 valence electrons. The molecule has 0 aromatic heterocycles. The maximum absolute atomic E-state index is 12.0. The van der Waals surface area contributed by atoms with Crippen molar-refractivity contribution in [3.05, 3.63) is 66.7 Å². The highest BCUT2D eigenvalue weighted by Crippen LogP contribution is 2.43. The van der Waals surface area contributed by atoms with Crippen LogP contribution >= 0.6 is 0 Å². The predicted octanol–water partition coefficient (Wildman–Crippen LogP) is 7.06. The number of aromatic hydroxyl groups is 1. The standard InChI is InChI=1S/C27H28N6O5S/c1-4-33(5-2)21-11-8-19(9-12-21)29-30-20-10-13-23(24(16-20)38-3)31-32-26-25(39(35,36)37)14-17-6-7-18(28)15-22(17)27(26)34/h6-16,34H,4-5,28H2,1-3H3,(H,35,36,37). The number of rotatable bonds is 9. The first kappa shape index (κ1) is 27.5. The van der Waals surface area contributed by atoms with Crippen LogP contribution in [0.1, 0.15) is 13.8 Å². The van der Waals surface area contributed by atoms with E-state index in [2.05, 4.69) is 39.2 Å². The highest BCUT2D eigenvalue weighted by molar-refractivity contribution is 7.86. The summed E-state index contributed by atoms with van der Waals surface area (Å²) in [5, 5.41) is 27.9. The first-order chi connectivity index (χ1) is 18.6. The summed E-state index contributed by atoms with van der Waals surface area (Å²) >= 11 is 0. The van der Waals surface area contributed by atoms with E-state index in [0.717, 1.165) is 18.8 Å². The molecule has 12 heteroatoms. The van der Waals surface area contributed by atoms with Gasteiger partial charge in [0, 0.05) is 35.9 Å². The van der Waals surface area contributed by atoms with E-state index < -0.39 is 26.5 Å². The van der Waals surface area contributed by atoms with Crippen molar-refractivity contribution in [1.29, 1.82) is 0 Å². The van der Waals surface area contributed by atoms with Crippen molar-refractivity contribution in [3.63, 3.8) is 0 Å². The fourth-order valence-corrected chi connectivity index (χ4v) is 4.66. The lowest BCUT2D eigenvalue weighted by molar-refractivity contribution is 0.416. The van der Waals surface area contributed by atoms with E-state index in [-0.39, 0.29) is 16.8 Å². The molecule has 0 saturated carbocycles. The number of nitrogens with two attached hydrogens (primary N) is 1. The molecule has 0 aliphatic rings. The van der Waals surface area contributed by atoms with Crippen LogP contribution < -0.4 is 15.4 Å². The van der Waals surface area contributed by atoms with Crippen molar-refractivity contribution in [3.8, 4) is 11.5 Å². The first-order valence-corrected chi connectivity index (χ1v) is 13.5. The summed E-state index contributed by atoms with van der Waals surface area (Å²) in [4.78, 5) is 1.63. The Morgan fingerprint density at radius 3 is 2.18 bits per heavy atom. The number of benzene rings is 4. The fourth-order valence-electron chi connectivity index (χ4n) is 4.00. The molecule has 11 nitrogen and oxygen atoms in total. The average molecular weight is 549 g/mol. The Balaban J connectivity index is 1.65. The number of anilines is 2. The van der Waals surface area contributed by atoms with Crippen LogP contribution in [0.3, 0.4) is 0 Å². The van der Waals surface area contributed by atoms with E-state index in [0.29, 0.717) is 22.4 Å². The van der Waals surface area contributed by atoms with Gasteiger partial charge in [-0.05, 0) is 73.8 Å². The number of nitrogens with zero attached hydrogens (tertiary/aromatic N) is 5. The molecule has 0 radical (unpaired) electrons. The van der Waals surface area contributed by atoms with Crippen LogP contribution in [0.25, 0.3) is 10.8 Å². The van der Waals surface area contributed by atoms with Crippen molar-refractivity contribution in [1.82, 2.24) is 0 Å². The molecule has 4 rings (SSSR count). The van der Waals surface area contributed by atoms with Crippen molar-refractivity contribution in [2.75, 3.05) is 30.8 Å². The molecular formula is C27H28N6O5S. The number of fused-ring (bicyclic) bond motifs is 1. The van der Waals surface area contributed by atoms with Crippen LogP contribution in [0, 0.1) is 0 Å². The fraction of sp³-hybridized carbons (Fsp3) is 0.185. The third-order valence-electron chi connectivity index (χ3n) is 6.03. The van der Waals surface area contributed by atoms with E-state index in [4.69, 9.17) is 10.5 Å². The Labute approximate surface area is 226 Å². The molecule has 4 aromatic carbocycles. The van der Waals surface area contributed by atoms with Gasteiger partial charge in [-0.1, -0.05) is 6.07 Å². The Kier molecular flexibility index (Phi) is 8.07. The van der Waals surface area contributed by atoms with E-state index in [9.17, 15) is 18.1 Å². The van der Waals surface area contributed by atoms with Crippen LogP contribution in [0.4, 0.5) is 34.1 Å². The minimum atomic E-state index is -4.74. The number of azo groups is 2. The number of phenolic OH excluding ortho intramolecular Hbond substituents is 1. The van der Waals surface area contributed by atoms with Crippen LogP contribution in [0.2, 0.25) is 0 Å². The molecule has 0 amide bonds. The van der Waals surface area contributed by atoms with Gasteiger partial charge in [-0.15, -0.1) is 10.2 Å². The van der Waals surface area contributed by atoms with Gasteiger partial charge in [0.2, 0.25) is 0 Å². The molecule has 0 heterocycles. The smallest absolute Gasteiger partial charge is 0.296 e. The zero-order valence-electron chi connectivity index (χ0n) is 21.6. The summed E-state index contributed by atoms with van der Waals surface area (Å²) in [7, 11) is -3.30. The van der Waals surface area contributed by atoms with Gasteiger partial charge < -0.3 is 20.5 Å². The number of nitrogen functional groups attached to an aromatic ring is 1. The molecule has 0 aliphatic carbocycles. The molecule has 0 unspecified atom stereocenters. The van der Waals surface area contributed by atoms with Crippen LogP contribution in [0.15, 0.2) is 92.1 Å². The Morgan fingerprint density at radius 2 is 1.54 bits per heavy atom. The highest BCUT2D eigenvalue weighted by Gasteiger charge is 2.22. The molecule has 39 heavy (non-hydrogen) atoms. The average Bonchev–Trinajstić information content (AvgIpc) is 2.92. The Hall–Kier alpha value is -4.55. The van der Waals surface area contributed by atoms with Gasteiger partial charge in [0.25, 0.3) is 10.1 Å². The molecule has 0 bridgehead atoms. The zero-order chi connectivity index (χ0) is 28.2. The quantitative estimate of drug-likeness (QED) is 0.114. The van der Waals surface area contributed by atoms with E-state index in [1.807, 2.05) is 24.3 Å². The summed E-state index contributed by atoms with van der Waals surface area (Å²) in [5.41, 5.74) is 8.23. The van der Waals surface area contributed by atoms with E-state index in [1.54, 1.807) is 24.3 Å². The lowest BCUT2D eigenvalue weighted by Crippen LogP contribution is -2.21. The van der Waals surface area contributed by atoms with Gasteiger partial charge in [-0.3, -0.25) is 4.55 Å². The second kappa shape index (κ2) is 11.5. The largest absolute Gasteiger partial charge is 0.505 e. The number of hydrogen-bond acceptors (Lipinski definition) is 10. The number of phenols is 1. The monoisotopic (exact) mass is 548 g/mol. The van der Waals surface area contributed by atoms with Gasteiger partial charge in [0.1, 0.15) is 22.0 Å². The first-order valence-electron chi connectivity index (χ1n) is 12.0. The topological polar surface area (TPSA) is 163 Å². The predicted molar refractivity (Wildman–Crippen MR) is 151 cm³/mol. The van der Waals surface area contributed by atoms with Crippen molar-refractivity contribution in [2.24, 2.45) is 20.5 Å². The van der Waals surface area contributed by atoms with Gasteiger partial charge >= 0.3 is 0 Å². The Morgan fingerprint density at radius 1 is 0.872 bits per heavy atom. The summed E-state index contributed by atoms with van der Waals surface area (Å²) in [6.45, 7) is 6.02. The molecule has 4 N–H and O–H groups in total. The maximum atomic E-state index is 12.0. The molecular weight excluding hydrogens is 520 g/mol. The SMILES string of the molecule is CCN(CC)c1ccc(N=Nc2ccc(N=Nc3c(S(=O)(=O)O)cc4ccc(N)cc4c3O)c(OC)c2)cc1. The molecule has 0 atom stereocenters. The third kappa shape index (κ3) is 6.13. The Bertz CT molecular complexity index is 1670. The summed E-state index contributed by atoms with van der Waals surface area (Å²) in [5.74, 6) is -0.211. The maximum Gasteiger partial charge on any atom is 0.296 e. The second-order valence-corrected chi connectivity index (χ2v) is 9.86. The molecule has 0 fully saturated rings. The summed E-state index contributed by atoms with van der Waals surface area (Å²) < 4.78 is 39.2. The number of ether oxygens (including phenoxy) is 1. The summed E-state index contributed by atoms with van der Waals surface area (Å²) in [6, 6.07) is 18.2. The van der Waals surface area contributed by atoms with Crippen molar-refractivity contribution in [2.45, 2.75) is 18.7 Å². The molecule has 0 aliphatic heterocycles. The van der Waals surface area contributed by atoms with Gasteiger partial charge in [-0.25, -0.2) is 0 Å². The highest BCUT2D eigenvalue weighted by atomic mass is 32.2. The molecule has 0 saturated heterocycles. The normalized spacial score (nSPS) is 12.0.